The average molecular weight is 477 g/mol. The predicted octanol–water partition coefficient (Wildman–Crippen LogP) is 4.38. The van der Waals surface area contributed by atoms with Crippen LogP contribution in [-0.2, 0) is 14.3 Å². The fraction of sp³-hybridized carbons (Fsp3) is 0.893. The molecule has 0 amide bonds. The maximum absolute atomic E-state index is 12.5. The molecule has 192 valence electrons. The molecule has 5 fully saturated rings. The van der Waals surface area contributed by atoms with Gasteiger partial charge in [0.1, 0.15) is 6.10 Å². The maximum Gasteiger partial charge on any atom is 0.306 e. The van der Waals surface area contributed by atoms with Gasteiger partial charge in [-0.15, -0.1) is 0 Å². The lowest BCUT2D eigenvalue weighted by molar-refractivity contribution is -0.297. The largest absolute Gasteiger partial charge is 0.481 e. The third kappa shape index (κ3) is 3.46. The van der Waals surface area contributed by atoms with Crippen molar-refractivity contribution in [2.24, 2.45) is 46.3 Å². The second kappa shape index (κ2) is 8.57. The number of hydrogen-bond donors (Lipinski definition) is 3. The van der Waals surface area contributed by atoms with Crippen LogP contribution in [0.1, 0.15) is 79.1 Å². The van der Waals surface area contributed by atoms with Crippen molar-refractivity contribution >= 4 is 5.97 Å². The van der Waals surface area contributed by atoms with Crippen molar-refractivity contribution in [2.75, 3.05) is 0 Å². The molecule has 1 saturated heterocycles. The van der Waals surface area contributed by atoms with Crippen LogP contribution in [0.2, 0.25) is 0 Å². The molecule has 6 nitrogen and oxygen atoms in total. The van der Waals surface area contributed by atoms with Gasteiger partial charge in [0.05, 0.1) is 24.2 Å². The van der Waals surface area contributed by atoms with Crippen LogP contribution < -0.4 is 0 Å². The minimum Gasteiger partial charge on any atom is -0.481 e. The molecule has 5 aliphatic rings. The average Bonchev–Trinajstić information content (AvgIpc) is 2.98. The number of hydrogen-bond acceptors (Lipinski definition) is 5. The second-order valence-electron chi connectivity index (χ2n) is 12.7. The van der Waals surface area contributed by atoms with Gasteiger partial charge in [0, 0.05) is 5.41 Å². The molecule has 2 bridgehead atoms. The molecule has 6 heteroatoms. The normalized spacial score (nSPS) is 54.9. The number of aliphatic hydroxyl groups excluding tert-OH is 2. The number of ether oxygens (including phenoxy) is 2. The van der Waals surface area contributed by atoms with E-state index >= 15 is 0 Å². The summed E-state index contributed by atoms with van der Waals surface area (Å²) in [5.74, 6) is -0.181. The highest BCUT2D eigenvalue weighted by Gasteiger charge is 2.66. The van der Waals surface area contributed by atoms with Gasteiger partial charge in [-0.25, -0.2) is 0 Å². The van der Waals surface area contributed by atoms with Crippen LogP contribution in [0.4, 0.5) is 0 Å². The van der Waals surface area contributed by atoms with Crippen LogP contribution in [0.3, 0.4) is 0 Å². The molecule has 4 saturated carbocycles. The van der Waals surface area contributed by atoms with Crippen LogP contribution in [0.25, 0.3) is 0 Å². The number of rotatable bonds is 4. The van der Waals surface area contributed by atoms with Gasteiger partial charge >= 0.3 is 5.97 Å². The van der Waals surface area contributed by atoms with E-state index in [2.05, 4.69) is 27.4 Å². The van der Waals surface area contributed by atoms with Crippen LogP contribution in [-0.4, -0.2) is 52.0 Å². The van der Waals surface area contributed by atoms with Crippen LogP contribution >= 0.6 is 0 Å². The molecule has 3 N–H and O–H groups in total. The summed E-state index contributed by atoms with van der Waals surface area (Å²) in [6.07, 6.45) is 4.65. The lowest BCUT2D eigenvalue weighted by atomic mass is 9.43. The van der Waals surface area contributed by atoms with Crippen LogP contribution in [0, 0.1) is 46.3 Å². The van der Waals surface area contributed by atoms with Crippen molar-refractivity contribution in [3.63, 3.8) is 0 Å². The maximum atomic E-state index is 12.5. The highest BCUT2D eigenvalue weighted by atomic mass is 16.7. The Labute approximate surface area is 204 Å². The highest BCUT2D eigenvalue weighted by Crippen LogP contribution is 2.70. The van der Waals surface area contributed by atoms with E-state index in [4.69, 9.17) is 9.47 Å². The zero-order valence-electron chi connectivity index (χ0n) is 21.3. The van der Waals surface area contributed by atoms with Gasteiger partial charge in [0.15, 0.2) is 6.29 Å². The first-order chi connectivity index (χ1) is 16.0. The van der Waals surface area contributed by atoms with Gasteiger partial charge in [-0.2, -0.15) is 0 Å². The van der Waals surface area contributed by atoms with Gasteiger partial charge in [-0.1, -0.05) is 34.3 Å². The number of fused-ring (bicyclic) bond motifs is 3. The molecule has 0 aromatic carbocycles. The fourth-order valence-electron chi connectivity index (χ4n) is 9.38. The Balaban J connectivity index is 1.43. The molecule has 1 spiro atoms. The molecule has 0 aromatic heterocycles. The summed E-state index contributed by atoms with van der Waals surface area (Å²) in [6.45, 7) is 12.8. The topological polar surface area (TPSA) is 96.2 Å². The SMILES string of the molecule is C=C1C2CCC3C4(C)CC(OC5OC(CC)C(C)[C@@H](C)C5O)CC(C(=O)O)C4CCC3(C2)C1O. The van der Waals surface area contributed by atoms with Gasteiger partial charge < -0.3 is 24.8 Å². The van der Waals surface area contributed by atoms with E-state index in [-0.39, 0.29) is 46.7 Å². The summed E-state index contributed by atoms with van der Waals surface area (Å²) in [7, 11) is 0. The summed E-state index contributed by atoms with van der Waals surface area (Å²) in [6, 6.07) is 0. The van der Waals surface area contributed by atoms with Gasteiger partial charge in [-0.3, -0.25) is 4.79 Å². The Kier molecular flexibility index (Phi) is 6.23. The van der Waals surface area contributed by atoms with E-state index in [0.717, 1.165) is 50.5 Å². The van der Waals surface area contributed by atoms with Crippen molar-refractivity contribution in [3.05, 3.63) is 12.2 Å². The zero-order valence-corrected chi connectivity index (χ0v) is 21.3. The Bertz CT molecular complexity index is 826. The lowest BCUT2D eigenvalue weighted by Crippen LogP contribution is -2.60. The number of aliphatic hydroxyl groups is 2. The van der Waals surface area contributed by atoms with Crippen LogP contribution in [0.5, 0.6) is 0 Å². The van der Waals surface area contributed by atoms with E-state index in [1.165, 1.54) is 0 Å². The number of aliphatic carboxylic acids is 1. The van der Waals surface area contributed by atoms with E-state index < -0.39 is 30.4 Å². The van der Waals surface area contributed by atoms with E-state index in [0.29, 0.717) is 12.3 Å². The Morgan fingerprint density at radius 2 is 1.91 bits per heavy atom. The molecule has 13 atom stereocenters. The molecule has 1 aliphatic heterocycles. The third-order valence-corrected chi connectivity index (χ3v) is 11.4. The molecule has 34 heavy (non-hydrogen) atoms. The molecule has 5 rings (SSSR count). The first kappa shape index (κ1) is 24.7. The molecule has 4 aliphatic carbocycles. The highest BCUT2D eigenvalue weighted by molar-refractivity contribution is 5.71. The Morgan fingerprint density at radius 3 is 2.59 bits per heavy atom. The first-order valence-corrected chi connectivity index (χ1v) is 13.6. The Morgan fingerprint density at radius 1 is 1.18 bits per heavy atom. The summed E-state index contributed by atoms with van der Waals surface area (Å²) in [5, 5.41) is 32.5. The third-order valence-electron chi connectivity index (χ3n) is 11.4. The molecule has 0 aromatic rings. The number of carboxylic acid groups (broad SMARTS) is 1. The van der Waals surface area contributed by atoms with Gasteiger partial charge in [0.2, 0.25) is 0 Å². The minimum absolute atomic E-state index is 0.0264. The molecule has 1 heterocycles. The van der Waals surface area contributed by atoms with Crippen molar-refractivity contribution < 1.29 is 29.6 Å². The van der Waals surface area contributed by atoms with E-state index in [1.54, 1.807) is 0 Å². The van der Waals surface area contributed by atoms with Crippen molar-refractivity contribution in [2.45, 2.75) is 110 Å². The smallest absolute Gasteiger partial charge is 0.306 e. The predicted molar refractivity (Wildman–Crippen MR) is 128 cm³/mol. The summed E-state index contributed by atoms with van der Waals surface area (Å²) < 4.78 is 12.7. The monoisotopic (exact) mass is 476 g/mol. The fourth-order valence-corrected chi connectivity index (χ4v) is 9.38. The standard InChI is InChI=1S/C28H44O6/c1-6-21-14(2)15(3)23(29)26(34-21)33-18-11-19(25(31)32)20-9-10-28-12-17(16(4)24(28)30)7-8-22(28)27(20,5)13-18/h14-15,17-24,26,29-30H,4,6-13H2,1-3,5H3,(H,31,32)/t14?,15-,17?,18?,19?,20?,21?,22?,23?,24?,26?,27?,28?/m1/s1. The molecule has 12 unspecified atom stereocenters. The van der Waals surface area contributed by atoms with Crippen molar-refractivity contribution in [3.8, 4) is 0 Å². The molecule has 0 radical (unpaired) electrons. The number of carboxylic acids is 1. The van der Waals surface area contributed by atoms with Gasteiger partial charge in [-0.05, 0) is 91.9 Å². The van der Waals surface area contributed by atoms with Crippen molar-refractivity contribution in [1.82, 2.24) is 0 Å². The number of carbonyl (C=O) groups is 1. The summed E-state index contributed by atoms with van der Waals surface area (Å²) in [5.41, 5.74) is 0.591. The minimum atomic E-state index is -0.746. The zero-order chi connectivity index (χ0) is 24.6. The second-order valence-corrected chi connectivity index (χ2v) is 12.7. The first-order valence-electron chi connectivity index (χ1n) is 13.6. The summed E-state index contributed by atoms with van der Waals surface area (Å²) in [4.78, 5) is 12.5. The lowest BCUT2D eigenvalue weighted by Gasteiger charge is -2.62. The van der Waals surface area contributed by atoms with Gasteiger partial charge in [0.25, 0.3) is 0 Å². The van der Waals surface area contributed by atoms with Crippen LogP contribution in [0.15, 0.2) is 12.2 Å². The van der Waals surface area contributed by atoms with Crippen molar-refractivity contribution in [1.29, 1.82) is 0 Å². The quantitative estimate of drug-likeness (QED) is 0.412. The molecular weight excluding hydrogens is 432 g/mol. The van der Waals surface area contributed by atoms with E-state index in [9.17, 15) is 20.1 Å². The van der Waals surface area contributed by atoms with E-state index in [1.807, 2.05) is 6.92 Å². The Hall–Kier alpha value is -0.950. The summed E-state index contributed by atoms with van der Waals surface area (Å²) >= 11 is 0. The molecular formula is C28H44O6.